The average molecular weight is 501 g/mol. The maximum absolute atomic E-state index is 15.1. The lowest BCUT2D eigenvalue weighted by atomic mass is 9.73. The Kier molecular flexibility index (Phi) is 8.92. The van der Waals surface area contributed by atoms with Crippen LogP contribution in [0.3, 0.4) is 0 Å². The van der Waals surface area contributed by atoms with Gasteiger partial charge in [-0.3, -0.25) is 0 Å². The summed E-state index contributed by atoms with van der Waals surface area (Å²) in [4.78, 5) is 0. The quantitative estimate of drug-likeness (QED) is 0.222. The van der Waals surface area contributed by atoms with E-state index in [1.54, 1.807) is 0 Å². The fraction of sp³-hybridized carbons (Fsp3) is 0.520. The summed E-state index contributed by atoms with van der Waals surface area (Å²) in [5, 5.41) is 0.483. The van der Waals surface area contributed by atoms with Crippen molar-refractivity contribution in [2.24, 2.45) is 5.41 Å². The minimum atomic E-state index is -1.41. The first-order chi connectivity index (χ1) is 15.1. The highest BCUT2D eigenvalue weighted by atomic mass is 35.5. The highest BCUT2D eigenvalue weighted by Gasteiger charge is 2.47. The number of halogens is 3. The lowest BCUT2D eigenvalue weighted by Crippen LogP contribution is -2.47. The van der Waals surface area contributed by atoms with Gasteiger partial charge < -0.3 is 9.29 Å². The zero-order valence-electron chi connectivity index (χ0n) is 18.9. The highest BCUT2D eigenvalue weighted by molar-refractivity contribution is 7.90. The van der Waals surface area contributed by atoms with Crippen molar-refractivity contribution in [3.63, 3.8) is 0 Å². The third-order valence-corrected chi connectivity index (χ3v) is 8.60. The molecule has 3 nitrogen and oxygen atoms in total. The van der Waals surface area contributed by atoms with Crippen LogP contribution in [0.2, 0.25) is 10.0 Å². The Morgan fingerprint density at radius 2 is 1.78 bits per heavy atom. The number of benzene rings is 2. The van der Waals surface area contributed by atoms with E-state index in [2.05, 4.69) is 4.72 Å². The van der Waals surface area contributed by atoms with E-state index >= 15 is 4.39 Å². The average Bonchev–Trinajstić information content (AvgIpc) is 3.23. The fourth-order valence-electron chi connectivity index (χ4n) is 4.38. The van der Waals surface area contributed by atoms with Crippen LogP contribution in [0, 0.1) is 11.2 Å². The molecule has 0 spiro atoms. The molecule has 32 heavy (non-hydrogen) atoms. The molecule has 0 heterocycles. The number of hydrogen-bond acceptors (Lipinski definition) is 3. The van der Waals surface area contributed by atoms with Gasteiger partial charge in [0.15, 0.2) is 0 Å². The Labute approximate surface area is 204 Å². The molecule has 2 aromatic rings. The summed E-state index contributed by atoms with van der Waals surface area (Å²) >= 11 is 11.4. The maximum atomic E-state index is 15.1. The molecule has 1 aliphatic carbocycles. The Balaban J connectivity index is 1.88. The molecule has 0 radical (unpaired) electrons. The molecule has 0 bridgehead atoms. The minimum absolute atomic E-state index is 0.187. The summed E-state index contributed by atoms with van der Waals surface area (Å²) in [5.41, 5.74) is 1.09. The summed E-state index contributed by atoms with van der Waals surface area (Å²) in [7, 11) is 0. The van der Waals surface area contributed by atoms with Gasteiger partial charge in [0.25, 0.3) is 0 Å². The number of ether oxygens (including phenoxy) is 1. The van der Waals surface area contributed by atoms with E-state index in [-0.39, 0.29) is 10.4 Å². The van der Waals surface area contributed by atoms with Crippen molar-refractivity contribution in [3.8, 4) is 0 Å². The van der Waals surface area contributed by atoms with Crippen LogP contribution in [-0.4, -0.2) is 15.9 Å². The number of nitrogens with one attached hydrogen (secondary N) is 1. The Hall–Kier alpha value is -0.820. The molecule has 0 amide bonds. The first kappa shape index (κ1) is 25.8. The Morgan fingerprint density at radius 3 is 2.41 bits per heavy atom. The third kappa shape index (κ3) is 6.19. The molecule has 2 aromatic carbocycles. The van der Waals surface area contributed by atoms with Gasteiger partial charge in [0.05, 0.1) is 22.7 Å². The second kappa shape index (κ2) is 11.1. The van der Waals surface area contributed by atoms with E-state index in [9.17, 15) is 4.55 Å². The molecule has 0 aliphatic heterocycles. The van der Waals surface area contributed by atoms with Crippen molar-refractivity contribution in [1.29, 1.82) is 0 Å². The first-order valence-electron chi connectivity index (χ1n) is 11.1. The Morgan fingerprint density at radius 1 is 1.12 bits per heavy atom. The van der Waals surface area contributed by atoms with E-state index in [0.717, 1.165) is 31.2 Å². The zero-order valence-corrected chi connectivity index (χ0v) is 21.3. The molecule has 2 atom stereocenters. The molecular weight excluding hydrogens is 468 g/mol. The van der Waals surface area contributed by atoms with Crippen LogP contribution < -0.4 is 4.72 Å². The highest BCUT2D eigenvalue weighted by Crippen LogP contribution is 2.53. The molecule has 2 unspecified atom stereocenters. The van der Waals surface area contributed by atoms with Gasteiger partial charge in [0.1, 0.15) is 10.6 Å². The number of rotatable bonds is 9. The zero-order chi connectivity index (χ0) is 23.4. The van der Waals surface area contributed by atoms with E-state index < -0.39 is 28.0 Å². The lowest BCUT2D eigenvalue weighted by Gasteiger charge is -2.40. The second-order valence-electron chi connectivity index (χ2n) is 9.55. The van der Waals surface area contributed by atoms with Crippen LogP contribution in [0.4, 0.5) is 4.39 Å². The summed E-state index contributed by atoms with van der Waals surface area (Å²) in [5.74, 6) is -0.431. The summed E-state index contributed by atoms with van der Waals surface area (Å²) in [6.45, 7) is 6.73. The standard InChI is InChI=1S/C25H32Cl2FNO2S/c1-24(2,3)32(30)29-23(21-20(28)12-11-19(26)22(21)27)25(13-7-8-14-25)15-16-31-17-18-9-5-4-6-10-18/h4-6,9-12,23,29H,7-8,13-17H2,1-3H3. The van der Waals surface area contributed by atoms with Crippen molar-refractivity contribution in [1.82, 2.24) is 4.72 Å². The van der Waals surface area contributed by atoms with Gasteiger partial charge in [0.2, 0.25) is 0 Å². The molecule has 176 valence electrons. The van der Waals surface area contributed by atoms with Crippen LogP contribution in [0.25, 0.3) is 0 Å². The van der Waals surface area contributed by atoms with Crippen LogP contribution in [-0.2, 0) is 22.7 Å². The van der Waals surface area contributed by atoms with Crippen molar-refractivity contribution in [2.75, 3.05) is 6.61 Å². The Bertz CT molecular complexity index is 886. The molecule has 1 N–H and O–H groups in total. The number of hydrogen-bond donors (Lipinski definition) is 1. The van der Waals surface area contributed by atoms with Gasteiger partial charge in [-0.1, -0.05) is 66.4 Å². The minimum Gasteiger partial charge on any atom is -0.598 e. The smallest absolute Gasteiger partial charge is 0.136 e. The van der Waals surface area contributed by atoms with Gasteiger partial charge in [0, 0.05) is 23.5 Å². The van der Waals surface area contributed by atoms with Crippen LogP contribution >= 0.6 is 23.2 Å². The van der Waals surface area contributed by atoms with Gasteiger partial charge in [-0.2, -0.15) is 0 Å². The van der Waals surface area contributed by atoms with Gasteiger partial charge in [-0.25, -0.2) is 4.39 Å². The molecule has 1 fully saturated rings. The van der Waals surface area contributed by atoms with Crippen LogP contribution in [0.5, 0.6) is 0 Å². The molecule has 0 aromatic heterocycles. The molecule has 0 saturated heterocycles. The maximum Gasteiger partial charge on any atom is 0.136 e. The van der Waals surface area contributed by atoms with Gasteiger partial charge in [-0.15, -0.1) is 4.72 Å². The third-order valence-electron chi connectivity index (χ3n) is 6.22. The summed E-state index contributed by atoms with van der Waals surface area (Å²) < 4.78 is 37.0. The molecule has 1 saturated carbocycles. The molecular formula is C25H32Cl2FNO2S. The normalized spacial score (nSPS) is 18.0. The van der Waals surface area contributed by atoms with Gasteiger partial charge >= 0.3 is 0 Å². The van der Waals surface area contributed by atoms with Crippen LogP contribution in [0.1, 0.15) is 70.0 Å². The van der Waals surface area contributed by atoms with E-state index in [4.69, 9.17) is 27.9 Å². The molecule has 3 rings (SSSR count). The summed E-state index contributed by atoms with van der Waals surface area (Å²) in [6, 6.07) is 12.3. The predicted molar refractivity (Wildman–Crippen MR) is 132 cm³/mol. The van der Waals surface area contributed by atoms with Crippen molar-refractivity contribution in [2.45, 2.75) is 70.3 Å². The second-order valence-corrected chi connectivity index (χ2v) is 12.3. The van der Waals surface area contributed by atoms with Crippen molar-refractivity contribution in [3.05, 3.63) is 69.5 Å². The molecule has 1 aliphatic rings. The summed E-state index contributed by atoms with van der Waals surface area (Å²) in [6.07, 6.45) is 4.52. The predicted octanol–water partition coefficient (Wildman–Crippen LogP) is 7.39. The lowest BCUT2D eigenvalue weighted by molar-refractivity contribution is 0.0698. The van der Waals surface area contributed by atoms with Crippen LogP contribution in [0.15, 0.2) is 42.5 Å². The SMILES string of the molecule is CC(C)(C)[S+]([O-])NC(c1c(F)ccc(Cl)c1Cl)C1(CCOCc2ccccc2)CCCC1. The van der Waals surface area contributed by atoms with E-state index in [1.807, 2.05) is 51.1 Å². The molecule has 7 heteroatoms. The van der Waals surface area contributed by atoms with E-state index in [0.29, 0.717) is 30.2 Å². The monoisotopic (exact) mass is 499 g/mol. The topological polar surface area (TPSA) is 44.3 Å². The van der Waals surface area contributed by atoms with E-state index in [1.165, 1.54) is 12.1 Å². The van der Waals surface area contributed by atoms with Crippen molar-refractivity contribution >= 4 is 34.6 Å². The first-order valence-corrected chi connectivity index (χ1v) is 13.0. The largest absolute Gasteiger partial charge is 0.598 e. The van der Waals surface area contributed by atoms with Crippen molar-refractivity contribution < 1.29 is 13.7 Å². The fourth-order valence-corrected chi connectivity index (χ4v) is 5.75. The van der Waals surface area contributed by atoms with Gasteiger partial charge in [-0.05, 0) is 63.1 Å².